The summed E-state index contributed by atoms with van der Waals surface area (Å²) in [5.74, 6) is 0.127. The maximum Gasteiger partial charge on any atom is 0.416 e. The minimum absolute atomic E-state index is 0.0644. The highest BCUT2D eigenvalue weighted by Crippen LogP contribution is 2.29. The molecule has 6 nitrogen and oxygen atoms in total. The quantitative estimate of drug-likeness (QED) is 0.463. The minimum Gasteiger partial charge on any atom is -0.497 e. The number of nitrogens with zero attached hydrogens (tertiary/aromatic N) is 2. The van der Waals surface area contributed by atoms with Gasteiger partial charge in [-0.05, 0) is 48.0 Å². The monoisotopic (exact) mass is 428 g/mol. The number of carbonyl (C=O) groups excluding carboxylic acids is 1. The topological polar surface area (TPSA) is 75.6 Å². The van der Waals surface area contributed by atoms with E-state index in [1.165, 1.54) is 7.11 Å². The molecule has 1 amide bonds. The standard InChI is InChI=1S/C22H19F3N4O2/c1-31-19-6-2-5-18(12-19)28-21(27-14-15-4-3-11-26-13-15)29-20(30)16-7-9-17(10-8-16)22(23,24)25/h2-13H,14H2,1H3,(H2,27,28,29,30). The fraction of sp³-hybridized carbons (Fsp3) is 0.136. The molecule has 0 unspecified atom stereocenters. The van der Waals surface area contributed by atoms with Crippen molar-refractivity contribution < 1.29 is 22.7 Å². The second-order valence-corrected chi connectivity index (χ2v) is 6.41. The lowest BCUT2D eigenvalue weighted by Crippen LogP contribution is -2.36. The zero-order chi connectivity index (χ0) is 22.3. The summed E-state index contributed by atoms with van der Waals surface area (Å²) in [6.07, 6.45) is -1.20. The molecule has 0 atom stereocenters. The van der Waals surface area contributed by atoms with Crippen molar-refractivity contribution in [3.8, 4) is 5.75 Å². The van der Waals surface area contributed by atoms with Crippen molar-refractivity contribution in [1.29, 1.82) is 0 Å². The molecule has 3 aromatic rings. The number of alkyl halides is 3. The van der Waals surface area contributed by atoms with Crippen LogP contribution in [0.1, 0.15) is 21.5 Å². The number of ether oxygens (including phenoxy) is 1. The summed E-state index contributed by atoms with van der Waals surface area (Å²) in [6.45, 7) is 0.230. The van der Waals surface area contributed by atoms with Gasteiger partial charge in [-0.1, -0.05) is 12.1 Å². The van der Waals surface area contributed by atoms with Crippen LogP contribution < -0.4 is 15.4 Å². The van der Waals surface area contributed by atoms with Crippen LogP contribution in [-0.2, 0) is 12.7 Å². The number of benzene rings is 2. The number of hydrogen-bond donors (Lipinski definition) is 2. The fourth-order valence-corrected chi connectivity index (χ4v) is 2.60. The van der Waals surface area contributed by atoms with E-state index in [4.69, 9.17) is 4.74 Å². The van der Waals surface area contributed by atoms with Gasteiger partial charge in [0.1, 0.15) is 5.75 Å². The highest BCUT2D eigenvalue weighted by atomic mass is 19.4. The first-order chi connectivity index (χ1) is 14.8. The maximum atomic E-state index is 12.8. The average molecular weight is 428 g/mol. The number of nitrogens with one attached hydrogen (secondary N) is 2. The van der Waals surface area contributed by atoms with Gasteiger partial charge >= 0.3 is 6.18 Å². The second kappa shape index (κ2) is 9.75. The van der Waals surface area contributed by atoms with Crippen LogP contribution in [0.4, 0.5) is 18.9 Å². The first-order valence-corrected chi connectivity index (χ1v) is 9.18. The van der Waals surface area contributed by atoms with E-state index in [1.807, 2.05) is 6.07 Å². The third kappa shape index (κ3) is 6.30. The molecule has 1 heterocycles. The van der Waals surface area contributed by atoms with Crippen molar-refractivity contribution in [3.05, 3.63) is 89.7 Å². The lowest BCUT2D eigenvalue weighted by Gasteiger charge is -2.13. The van der Waals surface area contributed by atoms with Crippen molar-refractivity contribution in [3.63, 3.8) is 0 Å². The lowest BCUT2D eigenvalue weighted by atomic mass is 10.1. The molecule has 0 saturated carbocycles. The molecule has 0 radical (unpaired) electrons. The molecule has 0 fully saturated rings. The molecule has 160 valence electrons. The third-order valence-corrected chi connectivity index (χ3v) is 4.18. The number of anilines is 1. The molecule has 0 aliphatic rings. The summed E-state index contributed by atoms with van der Waals surface area (Å²) >= 11 is 0. The van der Waals surface area contributed by atoms with Crippen LogP contribution >= 0.6 is 0 Å². The largest absolute Gasteiger partial charge is 0.497 e. The van der Waals surface area contributed by atoms with Crippen molar-refractivity contribution in [2.45, 2.75) is 12.7 Å². The molecule has 2 N–H and O–H groups in total. The maximum absolute atomic E-state index is 12.8. The number of guanidine groups is 1. The molecule has 0 aliphatic heterocycles. The highest BCUT2D eigenvalue weighted by molar-refractivity contribution is 6.10. The average Bonchev–Trinajstić information content (AvgIpc) is 2.78. The molecule has 2 aromatic carbocycles. The third-order valence-electron chi connectivity index (χ3n) is 4.18. The smallest absolute Gasteiger partial charge is 0.416 e. The molecule has 0 spiro atoms. The first kappa shape index (κ1) is 21.8. The Bertz CT molecular complexity index is 1050. The van der Waals surface area contributed by atoms with Crippen LogP contribution in [0.15, 0.2) is 78.0 Å². The van der Waals surface area contributed by atoms with Gasteiger partial charge in [0.25, 0.3) is 5.91 Å². The summed E-state index contributed by atoms with van der Waals surface area (Å²) in [5.41, 5.74) is 0.659. The van der Waals surface area contributed by atoms with E-state index < -0.39 is 17.6 Å². The molecule has 0 bridgehead atoms. The highest BCUT2D eigenvalue weighted by Gasteiger charge is 2.30. The van der Waals surface area contributed by atoms with Gasteiger partial charge in [-0.3, -0.25) is 15.1 Å². The number of rotatable bonds is 5. The first-order valence-electron chi connectivity index (χ1n) is 9.18. The van der Waals surface area contributed by atoms with Crippen LogP contribution in [0.3, 0.4) is 0 Å². The Balaban J connectivity index is 1.80. The summed E-state index contributed by atoms with van der Waals surface area (Å²) in [6, 6.07) is 14.5. The minimum atomic E-state index is -4.47. The van der Waals surface area contributed by atoms with Gasteiger partial charge in [-0.2, -0.15) is 13.2 Å². The predicted octanol–water partition coefficient (Wildman–Crippen LogP) is 4.51. The van der Waals surface area contributed by atoms with Gasteiger partial charge in [-0.25, -0.2) is 4.99 Å². The Labute approximate surface area is 176 Å². The summed E-state index contributed by atoms with van der Waals surface area (Å²) < 4.78 is 43.4. The summed E-state index contributed by atoms with van der Waals surface area (Å²) in [7, 11) is 1.53. The van der Waals surface area contributed by atoms with E-state index in [2.05, 4.69) is 20.6 Å². The van der Waals surface area contributed by atoms with E-state index >= 15 is 0 Å². The van der Waals surface area contributed by atoms with Crippen molar-refractivity contribution in [2.24, 2.45) is 4.99 Å². The van der Waals surface area contributed by atoms with Crippen LogP contribution in [0, 0.1) is 0 Å². The van der Waals surface area contributed by atoms with Gasteiger partial charge in [-0.15, -0.1) is 0 Å². The molecule has 31 heavy (non-hydrogen) atoms. The van der Waals surface area contributed by atoms with Crippen molar-refractivity contribution in [2.75, 3.05) is 12.4 Å². The predicted molar refractivity (Wildman–Crippen MR) is 111 cm³/mol. The lowest BCUT2D eigenvalue weighted by molar-refractivity contribution is -0.137. The summed E-state index contributed by atoms with van der Waals surface area (Å²) in [5, 5.41) is 5.60. The van der Waals surface area contributed by atoms with E-state index in [0.717, 1.165) is 29.8 Å². The number of aromatic nitrogens is 1. The van der Waals surface area contributed by atoms with Crippen LogP contribution in [-0.4, -0.2) is 24.0 Å². The molecular formula is C22H19F3N4O2. The fourth-order valence-electron chi connectivity index (χ4n) is 2.60. The number of carbonyl (C=O) groups is 1. The number of aliphatic imine (C=N–C) groups is 1. The Morgan fingerprint density at radius 2 is 1.87 bits per heavy atom. The zero-order valence-corrected chi connectivity index (χ0v) is 16.5. The number of methoxy groups -OCH3 is 1. The molecule has 1 aromatic heterocycles. The van der Waals surface area contributed by atoms with E-state index in [1.54, 1.807) is 42.7 Å². The van der Waals surface area contributed by atoms with Crippen LogP contribution in [0.5, 0.6) is 5.75 Å². The Morgan fingerprint density at radius 3 is 2.52 bits per heavy atom. The van der Waals surface area contributed by atoms with Gasteiger partial charge in [0, 0.05) is 29.7 Å². The molecule has 9 heteroatoms. The SMILES string of the molecule is COc1cccc(NC(=NCc2cccnc2)NC(=O)c2ccc(C(F)(F)F)cc2)c1. The van der Waals surface area contributed by atoms with Gasteiger partial charge in [0.05, 0.1) is 19.2 Å². The zero-order valence-electron chi connectivity index (χ0n) is 16.5. The van der Waals surface area contributed by atoms with Gasteiger partial charge in [0.15, 0.2) is 0 Å². The number of halogens is 3. The van der Waals surface area contributed by atoms with E-state index in [0.29, 0.717) is 11.4 Å². The summed E-state index contributed by atoms with van der Waals surface area (Å²) in [4.78, 5) is 21.0. The Morgan fingerprint density at radius 1 is 1.10 bits per heavy atom. The Hall–Kier alpha value is -3.88. The Kier molecular flexibility index (Phi) is 6.86. The normalized spacial score (nSPS) is 11.7. The van der Waals surface area contributed by atoms with E-state index in [9.17, 15) is 18.0 Å². The van der Waals surface area contributed by atoms with E-state index in [-0.39, 0.29) is 18.1 Å². The molecule has 0 aliphatic carbocycles. The van der Waals surface area contributed by atoms with Crippen LogP contribution in [0.25, 0.3) is 0 Å². The molecular weight excluding hydrogens is 409 g/mol. The van der Waals surface area contributed by atoms with Gasteiger partial charge in [0.2, 0.25) is 5.96 Å². The number of hydrogen-bond acceptors (Lipinski definition) is 4. The molecule has 3 rings (SSSR count). The van der Waals surface area contributed by atoms with Crippen molar-refractivity contribution >= 4 is 17.6 Å². The molecule has 0 saturated heterocycles. The second-order valence-electron chi connectivity index (χ2n) is 6.41. The van der Waals surface area contributed by atoms with Crippen LogP contribution in [0.2, 0.25) is 0 Å². The van der Waals surface area contributed by atoms with Gasteiger partial charge < -0.3 is 10.1 Å². The number of pyridine rings is 1. The number of amides is 1. The van der Waals surface area contributed by atoms with Crippen molar-refractivity contribution in [1.82, 2.24) is 10.3 Å².